The highest BCUT2D eigenvalue weighted by Crippen LogP contribution is 2.22. The number of hydrogen-bond acceptors (Lipinski definition) is 5. The van der Waals surface area contributed by atoms with Gasteiger partial charge in [-0.1, -0.05) is 29.4 Å². The van der Waals surface area contributed by atoms with Gasteiger partial charge in [0.05, 0.1) is 18.5 Å². The summed E-state index contributed by atoms with van der Waals surface area (Å²) < 4.78 is 51.1. The monoisotopic (exact) mass is 362 g/mol. The van der Waals surface area contributed by atoms with Gasteiger partial charge in [0, 0.05) is 0 Å². The number of benzene rings is 1. The minimum absolute atomic E-state index is 0.0219. The van der Waals surface area contributed by atoms with Crippen LogP contribution >= 0.6 is 11.8 Å². The van der Waals surface area contributed by atoms with Gasteiger partial charge in [-0.15, -0.1) is 5.10 Å². The molecular formula is C12H9BF4N3O3S-. The quantitative estimate of drug-likeness (QED) is 0.357. The summed E-state index contributed by atoms with van der Waals surface area (Å²) in [4.78, 5) is 22.0. The topological polar surface area (TPSA) is 91.1 Å². The number of carbonyl (C=O) groups excluding carboxylic acids is 1. The number of rotatable bonds is 5. The molecule has 1 atom stereocenters. The average molecular weight is 362 g/mol. The highest BCUT2D eigenvalue weighted by molar-refractivity contribution is 8.15. The summed E-state index contributed by atoms with van der Waals surface area (Å²) in [5.74, 6) is -3.07. The fourth-order valence-corrected chi connectivity index (χ4v) is 2.70. The molecule has 2 N–H and O–H groups in total. The van der Waals surface area contributed by atoms with Gasteiger partial charge < -0.3 is 23.4 Å². The van der Waals surface area contributed by atoms with Crippen molar-refractivity contribution < 1.29 is 32.0 Å². The molecule has 1 aromatic carbocycles. The van der Waals surface area contributed by atoms with Crippen LogP contribution in [0.15, 0.2) is 28.4 Å². The summed E-state index contributed by atoms with van der Waals surface area (Å²) >= 11 is 0.850. The maximum atomic E-state index is 13.1. The van der Waals surface area contributed by atoms with E-state index in [9.17, 15) is 26.9 Å². The van der Waals surface area contributed by atoms with E-state index >= 15 is 0 Å². The lowest BCUT2D eigenvalue weighted by Crippen LogP contribution is -2.37. The summed E-state index contributed by atoms with van der Waals surface area (Å²) in [5.41, 5.74) is -1.39. The largest absolute Gasteiger partial charge is 0.512 e. The van der Waals surface area contributed by atoms with E-state index in [4.69, 9.17) is 5.11 Å². The number of nitrogens with zero attached hydrogens (tertiary/aromatic N) is 2. The molecule has 128 valence electrons. The third-order valence-corrected chi connectivity index (χ3v) is 3.94. The van der Waals surface area contributed by atoms with E-state index in [1.165, 1.54) is 0 Å². The molecule has 1 saturated heterocycles. The fourth-order valence-electron chi connectivity index (χ4n) is 1.79. The van der Waals surface area contributed by atoms with Crippen molar-refractivity contribution in [3.05, 3.63) is 29.6 Å². The van der Waals surface area contributed by atoms with Crippen LogP contribution in [0.5, 0.6) is 0 Å². The molecule has 1 amide bonds. The number of hydrogen-bond donors (Lipinski definition) is 2. The lowest BCUT2D eigenvalue weighted by atomic mass is 9.79. The third-order valence-electron chi connectivity index (χ3n) is 2.86. The Morgan fingerprint density at radius 1 is 1.42 bits per heavy atom. The van der Waals surface area contributed by atoms with Gasteiger partial charge in [0.25, 0.3) is 0 Å². The molecule has 0 aliphatic carbocycles. The number of nitrogens with one attached hydrogen (secondary N) is 1. The van der Waals surface area contributed by atoms with Crippen LogP contribution in [-0.2, 0) is 9.59 Å². The van der Waals surface area contributed by atoms with Crippen molar-refractivity contribution in [1.29, 1.82) is 0 Å². The highest BCUT2D eigenvalue weighted by Gasteiger charge is 2.32. The molecule has 0 bridgehead atoms. The molecule has 0 saturated carbocycles. The van der Waals surface area contributed by atoms with Gasteiger partial charge in [-0.3, -0.25) is 9.59 Å². The molecule has 1 fully saturated rings. The molecule has 1 heterocycles. The van der Waals surface area contributed by atoms with Crippen LogP contribution in [-0.4, -0.2) is 40.6 Å². The third kappa shape index (κ3) is 4.57. The molecule has 2 rings (SSSR count). The van der Waals surface area contributed by atoms with Gasteiger partial charge in [0.1, 0.15) is 5.25 Å². The Balaban J connectivity index is 2.10. The molecule has 0 aromatic heterocycles. The average Bonchev–Trinajstić information content (AvgIpc) is 2.79. The normalized spacial score (nSPS) is 19.9. The second-order valence-corrected chi connectivity index (χ2v) is 5.89. The number of carbonyl (C=O) groups is 2. The second-order valence-electron chi connectivity index (χ2n) is 4.70. The number of halogens is 4. The van der Waals surface area contributed by atoms with Crippen LogP contribution in [0.2, 0.25) is 0 Å². The summed E-state index contributed by atoms with van der Waals surface area (Å²) in [6.07, 6.45) is 0.573. The van der Waals surface area contributed by atoms with Crippen molar-refractivity contribution in [2.75, 3.05) is 0 Å². The zero-order chi connectivity index (χ0) is 17.9. The number of carboxylic acid groups (broad SMARTS) is 1. The molecule has 6 nitrogen and oxygen atoms in total. The van der Waals surface area contributed by atoms with Crippen molar-refractivity contribution in [3.8, 4) is 0 Å². The van der Waals surface area contributed by atoms with E-state index in [-0.39, 0.29) is 10.7 Å². The van der Waals surface area contributed by atoms with Crippen molar-refractivity contribution in [1.82, 2.24) is 5.32 Å². The first-order valence-corrected chi connectivity index (χ1v) is 7.34. The number of carboxylic acids is 1. The van der Waals surface area contributed by atoms with E-state index < -0.39 is 41.8 Å². The van der Waals surface area contributed by atoms with Crippen LogP contribution in [0.25, 0.3) is 0 Å². The smallest absolute Gasteiger partial charge is 0.481 e. The lowest BCUT2D eigenvalue weighted by Gasteiger charge is -2.15. The maximum Gasteiger partial charge on any atom is 0.512 e. The first kappa shape index (κ1) is 18.0. The first-order chi connectivity index (χ1) is 11.2. The molecule has 1 unspecified atom stereocenters. The van der Waals surface area contributed by atoms with Crippen LogP contribution in [0.3, 0.4) is 0 Å². The molecular weight excluding hydrogens is 353 g/mol. The Morgan fingerprint density at radius 2 is 2.12 bits per heavy atom. The zero-order valence-electron chi connectivity index (χ0n) is 11.7. The summed E-state index contributed by atoms with van der Waals surface area (Å²) in [6, 6.07) is 2.37. The molecule has 1 aliphatic rings. The van der Waals surface area contributed by atoms with Crippen LogP contribution in [0.1, 0.15) is 12.0 Å². The zero-order valence-corrected chi connectivity index (χ0v) is 12.6. The van der Waals surface area contributed by atoms with Crippen molar-refractivity contribution in [2.45, 2.75) is 11.7 Å². The van der Waals surface area contributed by atoms with Crippen LogP contribution in [0, 0.1) is 5.82 Å². The number of amidine groups is 1. The van der Waals surface area contributed by atoms with Crippen LogP contribution in [0.4, 0.5) is 17.3 Å². The summed E-state index contributed by atoms with van der Waals surface area (Å²) in [7, 11) is 0. The van der Waals surface area contributed by atoms with Crippen molar-refractivity contribution in [2.24, 2.45) is 10.2 Å². The van der Waals surface area contributed by atoms with Gasteiger partial charge >= 0.3 is 12.9 Å². The second kappa shape index (κ2) is 7.03. The summed E-state index contributed by atoms with van der Waals surface area (Å²) in [5, 5.41) is 17.2. The van der Waals surface area contributed by atoms with Gasteiger partial charge in [0.15, 0.2) is 5.17 Å². The van der Waals surface area contributed by atoms with E-state index in [0.717, 1.165) is 24.0 Å². The molecule has 1 aromatic rings. The Kier molecular flexibility index (Phi) is 5.27. The Bertz CT molecular complexity index is 739. The minimum Gasteiger partial charge on any atom is -0.481 e. The predicted octanol–water partition coefficient (Wildman–Crippen LogP) is 1.28. The Labute approximate surface area is 137 Å². The molecule has 0 spiro atoms. The SMILES string of the molecule is O=C(O)CC1SC(=NN=Cc2ccc(F)c([B-](F)(F)F)c2)NC1=O. The Morgan fingerprint density at radius 3 is 2.75 bits per heavy atom. The highest BCUT2D eigenvalue weighted by atomic mass is 32.2. The fraction of sp³-hybridized carbons (Fsp3) is 0.167. The standard InChI is InChI=1S/C12H9BF4N3O3S/c14-8-2-1-6(3-7(8)13(15,16)17)5-18-20-12-19-11(23)9(24-12)4-10(21)22/h1-3,5,9H,4H2,(H,21,22)(H,19,20,23)/q-1. The van der Waals surface area contributed by atoms with Gasteiger partial charge in [0.2, 0.25) is 5.91 Å². The lowest BCUT2D eigenvalue weighted by molar-refractivity contribution is -0.138. The molecule has 1 aliphatic heterocycles. The molecule has 0 radical (unpaired) electrons. The molecule has 12 heteroatoms. The van der Waals surface area contributed by atoms with Crippen molar-refractivity contribution in [3.63, 3.8) is 0 Å². The maximum absolute atomic E-state index is 13.1. The van der Waals surface area contributed by atoms with Gasteiger partial charge in [-0.25, -0.2) is 4.39 Å². The number of amides is 1. The van der Waals surface area contributed by atoms with E-state index in [2.05, 4.69) is 15.5 Å². The van der Waals surface area contributed by atoms with E-state index in [0.29, 0.717) is 12.1 Å². The van der Waals surface area contributed by atoms with E-state index in [1.807, 2.05) is 0 Å². The van der Waals surface area contributed by atoms with Gasteiger partial charge in [-0.05, 0) is 11.6 Å². The van der Waals surface area contributed by atoms with Crippen LogP contribution < -0.4 is 10.8 Å². The predicted molar refractivity (Wildman–Crippen MR) is 81.9 cm³/mol. The van der Waals surface area contributed by atoms with E-state index in [1.54, 1.807) is 0 Å². The molecule has 24 heavy (non-hydrogen) atoms. The number of thioether (sulfide) groups is 1. The Hall–Kier alpha value is -2.37. The first-order valence-electron chi connectivity index (χ1n) is 6.46. The van der Waals surface area contributed by atoms with Gasteiger partial charge in [-0.2, -0.15) is 5.10 Å². The van der Waals surface area contributed by atoms with Crippen molar-refractivity contribution >= 4 is 47.5 Å². The summed E-state index contributed by atoms with van der Waals surface area (Å²) in [6.45, 7) is -5.49. The number of aliphatic carboxylic acids is 1. The minimum atomic E-state index is -5.49.